The fraction of sp³-hybridized carbons (Fsp3) is 0.294. The highest BCUT2D eigenvalue weighted by atomic mass is 19.1. The molecule has 24 heavy (non-hydrogen) atoms. The van der Waals surface area contributed by atoms with E-state index in [1.165, 1.54) is 6.92 Å². The number of nitrogens with one attached hydrogen (secondary N) is 2. The molecule has 0 radical (unpaired) electrons. The fourth-order valence-electron chi connectivity index (χ4n) is 2.34. The van der Waals surface area contributed by atoms with E-state index in [1.807, 2.05) is 19.1 Å². The molecule has 0 fully saturated rings. The number of hydrogen-bond donors (Lipinski definition) is 2. The summed E-state index contributed by atoms with van der Waals surface area (Å²) in [4.78, 5) is 16.2. The van der Waals surface area contributed by atoms with Crippen LogP contribution < -0.4 is 10.6 Å². The van der Waals surface area contributed by atoms with Crippen molar-refractivity contribution in [1.29, 1.82) is 0 Å². The van der Waals surface area contributed by atoms with E-state index in [0.29, 0.717) is 17.8 Å². The molecule has 1 unspecified atom stereocenters. The quantitative estimate of drug-likeness (QED) is 0.888. The van der Waals surface area contributed by atoms with Gasteiger partial charge >= 0.3 is 6.03 Å². The molecule has 1 heterocycles. The maximum atomic E-state index is 13.7. The summed E-state index contributed by atoms with van der Waals surface area (Å²) in [5, 5.41) is 5.08. The van der Waals surface area contributed by atoms with Crippen LogP contribution in [0.25, 0.3) is 0 Å². The Hall–Kier alpha value is -2.57. The van der Waals surface area contributed by atoms with Gasteiger partial charge in [-0.3, -0.25) is 4.98 Å². The van der Waals surface area contributed by atoms with E-state index in [4.69, 9.17) is 0 Å². The largest absolute Gasteiger partial charge is 0.331 e. The average Bonchev–Trinajstić information content (AvgIpc) is 2.45. The third-order valence-electron chi connectivity index (χ3n) is 3.55. The first-order chi connectivity index (χ1) is 11.3. The molecule has 4 nitrogen and oxygen atoms in total. The zero-order valence-corrected chi connectivity index (χ0v) is 13.5. The number of aryl methyl sites for hydroxylation is 1. The first kappa shape index (κ1) is 17.8. The van der Waals surface area contributed by atoms with Crippen LogP contribution in [0.1, 0.15) is 42.8 Å². The van der Waals surface area contributed by atoms with Gasteiger partial charge in [-0.2, -0.15) is 0 Å². The van der Waals surface area contributed by atoms with Crippen LogP contribution in [0, 0.1) is 24.4 Å². The molecule has 0 saturated carbocycles. The Balaban J connectivity index is 2.04. The fourth-order valence-corrected chi connectivity index (χ4v) is 2.34. The lowest BCUT2D eigenvalue weighted by molar-refractivity contribution is 0.234. The minimum Gasteiger partial charge on any atom is -0.331 e. The monoisotopic (exact) mass is 337 g/mol. The van der Waals surface area contributed by atoms with Crippen molar-refractivity contribution in [3.8, 4) is 0 Å². The number of hydrogen-bond acceptors (Lipinski definition) is 2. The smallest absolute Gasteiger partial charge is 0.315 e. The van der Waals surface area contributed by atoms with E-state index in [9.17, 15) is 18.0 Å². The van der Waals surface area contributed by atoms with Gasteiger partial charge in [-0.25, -0.2) is 18.0 Å². The van der Waals surface area contributed by atoms with Crippen molar-refractivity contribution < 1.29 is 18.0 Å². The second-order valence-corrected chi connectivity index (χ2v) is 5.60. The third kappa shape index (κ3) is 4.24. The molecular formula is C17H18F3N3O. The number of aromatic nitrogens is 1. The second-order valence-electron chi connectivity index (χ2n) is 5.60. The molecule has 0 aliphatic heterocycles. The van der Waals surface area contributed by atoms with Crippen molar-refractivity contribution in [3.05, 3.63) is 64.7 Å². The number of benzene rings is 1. The summed E-state index contributed by atoms with van der Waals surface area (Å²) >= 11 is 0. The molecule has 1 aromatic heterocycles. The van der Waals surface area contributed by atoms with Crippen LogP contribution in [0.3, 0.4) is 0 Å². The molecule has 0 aliphatic rings. The number of amides is 2. The Labute approximate surface area is 138 Å². The number of rotatable bonds is 4. The number of urea groups is 1. The maximum absolute atomic E-state index is 13.7. The minimum absolute atomic E-state index is 0.389. The van der Waals surface area contributed by atoms with Crippen molar-refractivity contribution in [2.75, 3.05) is 0 Å². The van der Waals surface area contributed by atoms with E-state index in [-0.39, 0.29) is 6.04 Å². The Morgan fingerprint density at radius 2 is 1.62 bits per heavy atom. The van der Waals surface area contributed by atoms with Crippen molar-refractivity contribution in [1.82, 2.24) is 15.6 Å². The van der Waals surface area contributed by atoms with Gasteiger partial charge in [0, 0.05) is 23.9 Å². The molecule has 2 amide bonds. The molecule has 128 valence electrons. The van der Waals surface area contributed by atoms with Crippen LogP contribution in [0.4, 0.5) is 18.0 Å². The predicted octanol–water partition coefficient (Wildman–Crippen LogP) is 3.93. The SMILES string of the molecule is Cc1ccnc(C(C)NC(=O)N[C@@H](C)c2c(F)cc(F)cc2F)c1. The highest BCUT2D eigenvalue weighted by Gasteiger charge is 2.20. The lowest BCUT2D eigenvalue weighted by Gasteiger charge is -2.19. The van der Waals surface area contributed by atoms with E-state index >= 15 is 0 Å². The summed E-state index contributed by atoms with van der Waals surface area (Å²) in [6, 6.07) is 2.85. The number of carbonyl (C=O) groups excluding carboxylic acids is 1. The lowest BCUT2D eigenvalue weighted by atomic mass is 10.1. The number of carbonyl (C=O) groups is 1. The van der Waals surface area contributed by atoms with Crippen LogP contribution in [-0.4, -0.2) is 11.0 Å². The van der Waals surface area contributed by atoms with Crippen LogP contribution in [0.15, 0.2) is 30.5 Å². The molecule has 2 aromatic rings. The summed E-state index contributed by atoms with van der Waals surface area (Å²) in [6.07, 6.45) is 1.63. The van der Waals surface area contributed by atoms with Gasteiger partial charge in [0.05, 0.1) is 17.8 Å². The van der Waals surface area contributed by atoms with Crippen LogP contribution in [0.5, 0.6) is 0 Å². The molecule has 0 bridgehead atoms. The van der Waals surface area contributed by atoms with Gasteiger partial charge in [0.25, 0.3) is 0 Å². The van der Waals surface area contributed by atoms with E-state index in [0.717, 1.165) is 5.56 Å². The Bertz CT molecular complexity index is 729. The maximum Gasteiger partial charge on any atom is 0.315 e. The van der Waals surface area contributed by atoms with Gasteiger partial charge in [-0.05, 0) is 38.5 Å². The summed E-state index contributed by atoms with van der Waals surface area (Å²) in [6.45, 7) is 5.06. The predicted molar refractivity (Wildman–Crippen MR) is 83.8 cm³/mol. The van der Waals surface area contributed by atoms with Gasteiger partial charge in [0.1, 0.15) is 17.5 Å². The normalized spacial score (nSPS) is 13.2. The van der Waals surface area contributed by atoms with Gasteiger partial charge in [0.2, 0.25) is 0 Å². The molecule has 2 rings (SSSR count). The van der Waals surface area contributed by atoms with Gasteiger partial charge in [-0.1, -0.05) is 0 Å². The van der Waals surface area contributed by atoms with Crippen LogP contribution in [-0.2, 0) is 0 Å². The van der Waals surface area contributed by atoms with Crippen LogP contribution >= 0.6 is 0 Å². The van der Waals surface area contributed by atoms with Crippen molar-refractivity contribution >= 4 is 6.03 Å². The highest BCUT2D eigenvalue weighted by Crippen LogP contribution is 2.22. The molecule has 0 aliphatic carbocycles. The zero-order chi connectivity index (χ0) is 17.9. The summed E-state index contributed by atoms with van der Waals surface area (Å²) in [7, 11) is 0. The summed E-state index contributed by atoms with van der Waals surface area (Å²) < 4.78 is 40.4. The molecular weight excluding hydrogens is 319 g/mol. The molecule has 0 saturated heterocycles. The Kier molecular flexibility index (Phi) is 5.43. The van der Waals surface area contributed by atoms with Gasteiger partial charge in [0.15, 0.2) is 0 Å². The van der Waals surface area contributed by atoms with E-state index in [2.05, 4.69) is 15.6 Å². The van der Waals surface area contributed by atoms with E-state index in [1.54, 1.807) is 13.1 Å². The summed E-state index contributed by atoms with van der Waals surface area (Å²) in [5.41, 5.74) is 1.27. The van der Waals surface area contributed by atoms with Gasteiger partial charge in [-0.15, -0.1) is 0 Å². The average molecular weight is 337 g/mol. The first-order valence-corrected chi connectivity index (χ1v) is 7.42. The third-order valence-corrected chi connectivity index (χ3v) is 3.55. The Morgan fingerprint density at radius 3 is 2.21 bits per heavy atom. The van der Waals surface area contributed by atoms with Crippen molar-refractivity contribution in [2.45, 2.75) is 32.9 Å². The lowest BCUT2D eigenvalue weighted by Crippen LogP contribution is -2.39. The molecule has 1 aromatic carbocycles. The summed E-state index contributed by atoms with van der Waals surface area (Å²) in [5.74, 6) is -3.10. The van der Waals surface area contributed by atoms with Crippen molar-refractivity contribution in [3.63, 3.8) is 0 Å². The molecule has 0 spiro atoms. The topological polar surface area (TPSA) is 54.0 Å². The Morgan fingerprint density at radius 1 is 1.04 bits per heavy atom. The van der Waals surface area contributed by atoms with Crippen molar-refractivity contribution in [2.24, 2.45) is 0 Å². The number of halogens is 3. The molecule has 7 heteroatoms. The zero-order valence-electron chi connectivity index (χ0n) is 13.5. The van der Waals surface area contributed by atoms with E-state index < -0.39 is 35.1 Å². The van der Waals surface area contributed by atoms with Crippen LogP contribution in [0.2, 0.25) is 0 Å². The van der Waals surface area contributed by atoms with Gasteiger partial charge < -0.3 is 10.6 Å². The number of pyridine rings is 1. The first-order valence-electron chi connectivity index (χ1n) is 7.42. The minimum atomic E-state index is -1.05. The number of nitrogens with zero attached hydrogens (tertiary/aromatic N) is 1. The second kappa shape index (κ2) is 7.33. The standard InChI is InChI=1S/C17H18F3N3O/c1-9-4-5-21-15(6-9)10(2)22-17(24)23-11(3)16-13(19)7-12(18)8-14(16)20/h4-8,10-11H,1-3H3,(H2,22,23,24)/t10?,11-/m0/s1. The molecule has 2 N–H and O–H groups in total. The highest BCUT2D eigenvalue weighted by molar-refractivity contribution is 5.74. The molecule has 2 atom stereocenters.